The summed E-state index contributed by atoms with van der Waals surface area (Å²) < 4.78 is 39.2. The lowest BCUT2D eigenvalue weighted by Crippen LogP contribution is -2.51. The van der Waals surface area contributed by atoms with Crippen LogP contribution in [0.15, 0.2) is 48.5 Å². The Morgan fingerprint density at radius 3 is 2.32 bits per heavy atom. The Labute approximate surface area is 182 Å². The number of benzene rings is 2. The van der Waals surface area contributed by atoms with Gasteiger partial charge in [0.05, 0.1) is 11.9 Å². The van der Waals surface area contributed by atoms with Gasteiger partial charge in [0, 0.05) is 13.1 Å². The van der Waals surface area contributed by atoms with Crippen molar-refractivity contribution in [3.05, 3.63) is 65.5 Å². The Hall–Kier alpha value is -2.94. The summed E-state index contributed by atoms with van der Waals surface area (Å²) in [6, 6.07) is 11.5. The molecule has 9 heteroatoms. The van der Waals surface area contributed by atoms with Crippen LogP contribution >= 0.6 is 0 Å². The van der Waals surface area contributed by atoms with Gasteiger partial charge in [0.1, 0.15) is 18.4 Å². The van der Waals surface area contributed by atoms with Gasteiger partial charge in [-0.15, -0.1) is 0 Å². The Morgan fingerprint density at radius 1 is 1.13 bits per heavy atom. The molecule has 0 spiro atoms. The van der Waals surface area contributed by atoms with Gasteiger partial charge < -0.3 is 10.2 Å². The molecule has 2 rings (SSSR count). The third-order valence-corrected chi connectivity index (χ3v) is 5.89. The maximum absolute atomic E-state index is 13.3. The molecule has 0 radical (unpaired) electrons. The molecule has 0 saturated carbocycles. The minimum absolute atomic E-state index is 0.0306. The van der Waals surface area contributed by atoms with E-state index in [2.05, 4.69) is 5.32 Å². The number of nitrogens with one attached hydrogen (secondary N) is 1. The van der Waals surface area contributed by atoms with Crippen LogP contribution < -0.4 is 9.62 Å². The number of halogens is 1. The predicted octanol–water partition coefficient (Wildman–Crippen LogP) is 2.45. The summed E-state index contributed by atoms with van der Waals surface area (Å²) in [5, 5.41) is 2.67. The van der Waals surface area contributed by atoms with Crippen molar-refractivity contribution in [2.24, 2.45) is 0 Å². The summed E-state index contributed by atoms with van der Waals surface area (Å²) in [6.07, 6.45) is 1.03. The maximum Gasteiger partial charge on any atom is 0.244 e. The highest BCUT2D eigenvalue weighted by Crippen LogP contribution is 2.20. The highest BCUT2D eigenvalue weighted by atomic mass is 32.2. The second-order valence-electron chi connectivity index (χ2n) is 7.33. The number of hydrogen-bond donors (Lipinski definition) is 1. The zero-order valence-electron chi connectivity index (χ0n) is 18.1. The number of anilines is 1. The molecule has 31 heavy (non-hydrogen) atoms. The molecular formula is C22H28FN3O4S. The molecule has 0 aliphatic rings. The van der Waals surface area contributed by atoms with Crippen molar-refractivity contribution in [3.8, 4) is 0 Å². The number of hydrogen-bond acceptors (Lipinski definition) is 4. The summed E-state index contributed by atoms with van der Waals surface area (Å²) >= 11 is 0. The third-order valence-electron chi connectivity index (χ3n) is 4.75. The summed E-state index contributed by atoms with van der Waals surface area (Å²) in [6.45, 7) is 5.12. The van der Waals surface area contributed by atoms with E-state index in [1.165, 1.54) is 29.2 Å². The summed E-state index contributed by atoms with van der Waals surface area (Å²) in [7, 11) is -3.76. The Balaban J connectivity index is 2.37. The molecule has 1 atom stereocenters. The van der Waals surface area contributed by atoms with Crippen molar-refractivity contribution >= 4 is 27.5 Å². The average molecular weight is 450 g/mol. The molecule has 0 heterocycles. The van der Waals surface area contributed by atoms with E-state index in [4.69, 9.17) is 0 Å². The molecule has 2 amide bonds. The van der Waals surface area contributed by atoms with Crippen molar-refractivity contribution in [1.29, 1.82) is 0 Å². The van der Waals surface area contributed by atoms with Gasteiger partial charge in [-0.2, -0.15) is 0 Å². The van der Waals surface area contributed by atoms with Crippen molar-refractivity contribution in [2.75, 3.05) is 23.7 Å². The van der Waals surface area contributed by atoms with Crippen molar-refractivity contribution < 1.29 is 22.4 Å². The number of rotatable bonds is 9. The summed E-state index contributed by atoms with van der Waals surface area (Å²) in [5.41, 5.74) is 1.83. The first-order valence-electron chi connectivity index (χ1n) is 9.89. The second-order valence-corrected chi connectivity index (χ2v) is 9.23. The molecule has 0 bridgehead atoms. The number of amides is 2. The van der Waals surface area contributed by atoms with Gasteiger partial charge in [-0.3, -0.25) is 13.9 Å². The molecule has 0 saturated heterocycles. The van der Waals surface area contributed by atoms with E-state index in [1.807, 2.05) is 13.0 Å². The minimum Gasteiger partial charge on any atom is -0.355 e. The van der Waals surface area contributed by atoms with Crippen LogP contribution in [0.4, 0.5) is 10.1 Å². The average Bonchev–Trinajstić information content (AvgIpc) is 2.70. The predicted molar refractivity (Wildman–Crippen MR) is 118 cm³/mol. The van der Waals surface area contributed by atoms with Crippen LogP contribution in [0.2, 0.25) is 0 Å². The van der Waals surface area contributed by atoms with Gasteiger partial charge in [-0.25, -0.2) is 12.8 Å². The van der Waals surface area contributed by atoms with Crippen LogP contribution in [-0.2, 0) is 26.2 Å². The number of nitrogens with zero attached hydrogens (tertiary/aromatic N) is 2. The number of aryl methyl sites for hydroxylation is 1. The summed E-state index contributed by atoms with van der Waals surface area (Å²) in [4.78, 5) is 27.0. The van der Waals surface area contributed by atoms with Gasteiger partial charge in [-0.05, 0) is 56.2 Å². The molecular weight excluding hydrogens is 421 g/mol. The monoisotopic (exact) mass is 449 g/mol. The zero-order valence-corrected chi connectivity index (χ0v) is 18.9. The third kappa shape index (κ3) is 6.78. The van der Waals surface area contributed by atoms with E-state index in [1.54, 1.807) is 32.0 Å². The van der Waals surface area contributed by atoms with Crippen LogP contribution in [0.25, 0.3) is 0 Å². The van der Waals surface area contributed by atoms with Crippen molar-refractivity contribution in [3.63, 3.8) is 0 Å². The quantitative estimate of drug-likeness (QED) is 0.637. The van der Waals surface area contributed by atoms with Crippen LogP contribution in [0.1, 0.15) is 25.0 Å². The van der Waals surface area contributed by atoms with E-state index in [-0.39, 0.29) is 12.5 Å². The number of carbonyl (C=O) groups excluding carboxylic acids is 2. The molecule has 0 fully saturated rings. The largest absolute Gasteiger partial charge is 0.355 e. The van der Waals surface area contributed by atoms with E-state index in [0.717, 1.165) is 16.1 Å². The molecule has 7 nitrogen and oxygen atoms in total. The van der Waals surface area contributed by atoms with Gasteiger partial charge in [0.2, 0.25) is 21.8 Å². The van der Waals surface area contributed by atoms with Crippen LogP contribution in [-0.4, -0.2) is 50.5 Å². The highest BCUT2D eigenvalue weighted by molar-refractivity contribution is 7.92. The fraction of sp³-hybridized carbons (Fsp3) is 0.364. The minimum atomic E-state index is -3.76. The molecule has 0 aliphatic carbocycles. The molecule has 1 N–H and O–H groups in total. The lowest BCUT2D eigenvalue weighted by Gasteiger charge is -2.31. The van der Waals surface area contributed by atoms with Gasteiger partial charge in [0.25, 0.3) is 0 Å². The fourth-order valence-electron chi connectivity index (χ4n) is 3.09. The normalized spacial score (nSPS) is 12.2. The summed E-state index contributed by atoms with van der Waals surface area (Å²) in [5.74, 6) is -1.32. The Kier molecular flexibility index (Phi) is 8.15. The van der Waals surface area contributed by atoms with Gasteiger partial charge >= 0.3 is 0 Å². The number of carbonyl (C=O) groups is 2. The number of sulfonamides is 1. The van der Waals surface area contributed by atoms with Crippen LogP contribution in [0.3, 0.4) is 0 Å². The van der Waals surface area contributed by atoms with E-state index < -0.39 is 34.3 Å². The first kappa shape index (κ1) is 24.3. The lowest BCUT2D eigenvalue weighted by molar-refractivity contribution is -0.139. The van der Waals surface area contributed by atoms with Crippen LogP contribution in [0, 0.1) is 12.7 Å². The van der Waals surface area contributed by atoms with Crippen LogP contribution in [0.5, 0.6) is 0 Å². The maximum atomic E-state index is 13.3. The van der Waals surface area contributed by atoms with E-state index in [9.17, 15) is 22.4 Å². The smallest absolute Gasteiger partial charge is 0.244 e. The first-order valence-corrected chi connectivity index (χ1v) is 11.7. The lowest BCUT2D eigenvalue weighted by atomic mass is 10.1. The first-order chi connectivity index (χ1) is 14.5. The molecule has 2 aromatic rings. The highest BCUT2D eigenvalue weighted by Gasteiger charge is 2.29. The van der Waals surface area contributed by atoms with E-state index in [0.29, 0.717) is 17.8 Å². The second kappa shape index (κ2) is 10.4. The Bertz CT molecular complexity index is 1030. The molecule has 0 aliphatic heterocycles. The molecule has 168 valence electrons. The fourth-order valence-corrected chi connectivity index (χ4v) is 3.93. The van der Waals surface area contributed by atoms with Crippen molar-refractivity contribution in [1.82, 2.24) is 10.2 Å². The Morgan fingerprint density at radius 2 is 1.77 bits per heavy atom. The topological polar surface area (TPSA) is 86.8 Å². The van der Waals surface area contributed by atoms with E-state index >= 15 is 0 Å². The zero-order chi connectivity index (χ0) is 23.2. The molecule has 0 aromatic heterocycles. The van der Waals surface area contributed by atoms with Gasteiger partial charge in [-0.1, -0.05) is 24.3 Å². The van der Waals surface area contributed by atoms with Gasteiger partial charge in [0.15, 0.2) is 0 Å². The number of likely N-dealkylation sites (N-methyl/N-ethyl adjacent to an activating group) is 1. The SMILES string of the molecule is CCNC(=O)[C@@H](C)N(Cc1ccc(F)cc1)C(=O)CN(c1cccc(C)c1)S(C)(=O)=O. The standard InChI is InChI=1S/C22H28FN3O4S/c1-5-24-22(28)17(3)25(14-18-9-11-19(23)12-10-18)21(27)15-26(31(4,29)30)20-8-6-7-16(2)13-20/h6-13,17H,5,14-15H2,1-4H3,(H,24,28)/t17-/m1/s1. The molecule has 0 unspecified atom stereocenters. The molecule has 2 aromatic carbocycles. The van der Waals surface area contributed by atoms with Crippen molar-refractivity contribution in [2.45, 2.75) is 33.4 Å².